The zero-order valence-electron chi connectivity index (χ0n) is 20.2. The molecule has 1 aliphatic carbocycles. The maximum atomic E-state index is 14.3. The molecule has 1 fully saturated rings. The molecule has 7 heteroatoms. The average molecular weight is 502 g/mol. The number of aromatic nitrogens is 2. The number of benzene rings is 3. The summed E-state index contributed by atoms with van der Waals surface area (Å²) in [7, 11) is -2.16. The van der Waals surface area contributed by atoms with Crippen LogP contribution >= 0.6 is 0 Å². The summed E-state index contributed by atoms with van der Waals surface area (Å²) in [6.07, 6.45) is 5.71. The van der Waals surface area contributed by atoms with Crippen molar-refractivity contribution in [1.29, 1.82) is 0 Å². The van der Waals surface area contributed by atoms with E-state index in [0.717, 1.165) is 53.4 Å². The summed E-state index contributed by atoms with van der Waals surface area (Å²) in [4.78, 5) is 9.09. The van der Waals surface area contributed by atoms with E-state index in [4.69, 9.17) is 4.74 Å². The minimum Gasteiger partial charge on any atom is -0.485 e. The molecule has 5 nitrogen and oxygen atoms in total. The Balaban J connectivity index is 1.35. The van der Waals surface area contributed by atoms with Gasteiger partial charge in [0, 0.05) is 34.9 Å². The van der Waals surface area contributed by atoms with Gasteiger partial charge in [0.25, 0.3) is 0 Å². The highest BCUT2D eigenvalue weighted by atomic mass is 32.2. The second-order valence-electron chi connectivity index (χ2n) is 9.73. The Morgan fingerprint density at radius 1 is 1.08 bits per heavy atom. The standard InChI is InChI=1S/C29H28FN3O2S/c1-19-14-23(33-36(34)12-4-5-13-36)17-26-29(19)25(31-18-32-26)15-21-8-10-22(30)16-28(21)35-27-11-9-20-6-2-3-7-24(20)27/h2-3,6-8,10,14,16-18,27H,4-5,9,11-13,15H2,1H3. The fourth-order valence-electron chi connectivity index (χ4n) is 5.44. The monoisotopic (exact) mass is 501 g/mol. The van der Waals surface area contributed by atoms with Crippen LogP contribution in [-0.2, 0) is 22.6 Å². The highest BCUT2D eigenvalue weighted by molar-refractivity contribution is 7.93. The first-order chi connectivity index (χ1) is 17.5. The number of rotatable bonds is 5. The van der Waals surface area contributed by atoms with Crippen molar-refractivity contribution in [2.75, 3.05) is 11.5 Å². The summed E-state index contributed by atoms with van der Waals surface area (Å²) >= 11 is 0. The zero-order valence-corrected chi connectivity index (χ0v) is 21.1. The van der Waals surface area contributed by atoms with E-state index in [2.05, 4.69) is 26.5 Å². The summed E-state index contributed by atoms with van der Waals surface area (Å²) < 4.78 is 38.2. The first kappa shape index (κ1) is 23.1. The van der Waals surface area contributed by atoms with Crippen molar-refractivity contribution in [3.8, 4) is 5.75 Å². The van der Waals surface area contributed by atoms with Crippen LogP contribution in [0.3, 0.4) is 0 Å². The van der Waals surface area contributed by atoms with Crippen LogP contribution in [0, 0.1) is 12.7 Å². The SMILES string of the molecule is Cc1cc(N=S2(=O)CCCC2)cc2ncnc(Cc3ccc(F)cc3OC3CCc4ccccc43)c12. The topological polar surface area (TPSA) is 64.4 Å². The molecule has 3 aromatic carbocycles. The Morgan fingerprint density at radius 3 is 2.78 bits per heavy atom. The molecule has 0 bridgehead atoms. The normalized spacial score (nSPS) is 18.3. The van der Waals surface area contributed by atoms with E-state index in [1.54, 1.807) is 12.4 Å². The van der Waals surface area contributed by atoms with Crippen LogP contribution < -0.4 is 4.74 Å². The van der Waals surface area contributed by atoms with Gasteiger partial charge in [0.05, 0.1) is 26.6 Å². The van der Waals surface area contributed by atoms with Gasteiger partial charge in [-0.1, -0.05) is 30.3 Å². The van der Waals surface area contributed by atoms with Crippen LogP contribution in [-0.4, -0.2) is 25.7 Å². The Labute approximate surface area is 210 Å². The molecule has 0 amide bonds. The molecule has 0 saturated carbocycles. The number of hydrogen-bond donors (Lipinski definition) is 0. The summed E-state index contributed by atoms with van der Waals surface area (Å²) in [6.45, 7) is 2.01. The van der Waals surface area contributed by atoms with Gasteiger partial charge in [-0.2, -0.15) is 4.36 Å². The maximum absolute atomic E-state index is 14.3. The first-order valence-corrected chi connectivity index (χ1v) is 14.3. The van der Waals surface area contributed by atoms with Gasteiger partial charge < -0.3 is 4.74 Å². The van der Waals surface area contributed by atoms with Gasteiger partial charge >= 0.3 is 0 Å². The molecular weight excluding hydrogens is 473 g/mol. The second kappa shape index (κ2) is 9.28. The number of halogens is 1. The molecule has 0 radical (unpaired) electrons. The van der Waals surface area contributed by atoms with Gasteiger partial charge in [0.15, 0.2) is 0 Å². The molecule has 1 unspecified atom stereocenters. The predicted octanol–water partition coefficient (Wildman–Crippen LogP) is 6.63. The molecule has 6 rings (SSSR count). The van der Waals surface area contributed by atoms with Crippen LogP contribution in [0.2, 0.25) is 0 Å². The van der Waals surface area contributed by atoms with Crippen molar-refractivity contribution < 1.29 is 13.3 Å². The molecule has 1 aliphatic heterocycles. The Kier molecular flexibility index (Phi) is 5.96. The highest BCUT2D eigenvalue weighted by Crippen LogP contribution is 2.37. The van der Waals surface area contributed by atoms with Crippen LogP contribution in [0.1, 0.15) is 53.3 Å². The van der Waals surface area contributed by atoms with Gasteiger partial charge in [-0.05, 0) is 67.5 Å². The molecule has 2 heterocycles. The number of hydrogen-bond acceptors (Lipinski definition) is 5. The third kappa shape index (κ3) is 4.48. The van der Waals surface area contributed by atoms with Crippen molar-refractivity contribution in [2.24, 2.45) is 4.36 Å². The lowest BCUT2D eigenvalue weighted by Crippen LogP contribution is -2.07. The number of fused-ring (bicyclic) bond motifs is 2. The molecule has 0 N–H and O–H groups in total. The highest BCUT2D eigenvalue weighted by Gasteiger charge is 2.25. The third-order valence-corrected chi connectivity index (χ3v) is 9.58. The van der Waals surface area contributed by atoms with E-state index in [-0.39, 0.29) is 11.9 Å². The molecular formula is C29H28FN3O2S. The molecule has 184 valence electrons. The lowest BCUT2D eigenvalue weighted by molar-refractivity contribution is 0.205. The summed E-state index contributed by atoms with van der Waals surface area (Å²) in [5.74, 6) is 1.55. The van der Waals surface area contributed by atoms with Gasteiger partial charge in [0.2, 0.25) is 0 Å². The van der Waals surface area contributed by atoms with Crippen LogP contribution in [0.5, 0.6) is 5.75 Å². The lowest BCUT2D eigenvalue weighted by atomic mass is 10.0. The Bertz CT molecular complexity index is 1580. The molecule has 1 atom stereocenters. The van der Waals surface area contributed by atoms with E-state index in [0.29, 0.717) is 29.4 Å². The number of aryl methyl sites for hydroxylation is 2. The molecule has 36 heavy (non-hydrogen) atoms. The predicted molar refractivity (Wildman–Crippen MR) is 141 cm³/mol. The molecule has 1 aromatic heterocycles. The van der Waals surface area contributed by atoms with Crippen molar-refractivity contribution in [1.82, 2.24) is 9.97 Å². The molecule has 4 aromatic rings. The molecule has 1 saturated heterocycles. The van der Waals surface area contributed by atoms with Gasteiger partial charge in [0.1, 0.15) is 24.0 Å². The van der Waals surface area contributed by atoms with Crippen LogP contribution in [0.25, 0.3) is 10.9 Å². The van der Waals surface area contributed by atoms with Crippen molar-refractivity contribution in [3.05, 3.63) is 94.7 Å². The van der Waals surface area contributed by atoms with Crippen LogP contribution in [0.4, 0.5) is 10.1 Å². The fourth-order valence-corrected chi connectivity index (χ4v) is 7.62. The van der Waals surface area contributed by atoms with E-state index in [1.165, 1.54) is 23.3 Å². The third-order valence-electron chi connectivity index (χ3n) is 7.18. The number of ether oxygens (including phenoxy) is 1. The van der Waals surface area contributed by atoms with Gasteiger partial charge in [-0.25, -0.2) is 18.6 Å². The van der Waals surface area contributed by atoms with Crippen LogP contribution in [0.15, 0.2) is 65.3 Å². The Morgan fingerprint density at radius 2 is 1.92 bits per heavy atom. The van der Waals surface area contributed by atoms with E-state index in [1.807, 2.05) is 31.2 Å². The van der Waals surface area contributed by atoms with E-state index in [9.17, 15) is 8.60 Å². The number of nitrogens with zero attached hydrogens (tertiary/aromatic N) is 3. The second-order valence-corrected chi connectivity index (χ2v) is 12.3. The minimum absolute atomic E-state index is 0.0905. The lowest BCUT2D eigenvalue weighted by Gasteiger charge is -2.18. The molecule has 0 spiro atoms. The van der Waals surface area contributed by atoms with Crippen molar-refractivity contribution in [2.45, 2.75) is 45.1 Å². The minimum atomic E-state index is -2.16. The maximum Gasteiger partial charge on any atom is 0.126 e. The summed E-state index contributed by atoms with van der Waals surface area (Å²) in [5, 5.41) is 0.944. The quantitative estimate of drug-likeness (QED) is 0.308. The van der Waals surface area contributed by atoms with E-state index >= 15 is 0 Å². The van der Waals surface area contributed by atoms with Gasteiger partial charge in [-0.15, -0.1) is 0 Å². The Hall–Kier alpha value is -3.32. The summed E-state index contributed by atoms with van der Waals surface area (Å²) in [6, 6.07) is 16.9. The average Bonchev–Trinajstić information content (AvgIpc) is 3.47. The van der Waals surface area contributed by atoms with E-state index < -0.39 is 9.73 Å². The zero-order chi connectivity index (χ0) is 24.7. The fraction of sp³-hybridized carbons (Fsp3) is 0.310. The summed E-state index contributed by atoms with van der Waals surface area (Å²) in [5.41, 5.74) is 6.65. The largest absolute Gasteiger partial charge is 0.485 e. The van der Waals surface area contributed by atoms with Gasteiger partial charge in [-0.3, -0.25) is 0 Å². The molecule has 2 aliphatic rings. The van der Waals surface area contributed by atoms with Crippen molar-refractivity contribution >= 4 is 26.3 Å². The smallest absolute Gasteiger partial charge is 0.126 e. The van der Waals surface area contributed by atoms with Crippen molar-refractivity contribution in [3.63, 3.8) is 0 Å². The first-order valence-electron chi connectivity index (χ1n) is 12.5.